The molecule has 24 heavy (non-hydrogen) atoms. The number of hydrogen-bond acceptors (Lipinski definition) is 1. The van der Waals surface area contributed by atoms with Crippen LogP contribution in [0.4, 0.5) is 4.39 Å². The van der Waals surface area contributed by atoms with Gasteiger partial charge in [0, 0.05) is 6.54 Å². The molecule has 1 amide bonds. The van der Waals surface area contributed by atoms with Crippen LogP contribution in [-0.4, -0.2) is 17.4 Å². The second-order valence-corrected chi connectivity index (χ2v) is 8.91. The molecule has 4 saturated carbocycles. The van der Waals surface area contributed by atoms with Crippen LogP contribution in [0.2, 0.25) is 0 Å². The molecule has 1 aromatic carbocycles. The number of halogens is 1. The summed E-state index contributed by atoms with van der Waals surface area (Å²) in [5.74, 6) is 2.57. The van der Waals surface area contributed by atoms with Gasteiger partial charge in [0.15, 0.2) is 0 Å². The molecule has 5 fully saturated rings. The lowest BCUT2D eigenvalue weighted by Gasteiger charge is -2.56. The quantitative estimate of drug-likeness (QED) is 0.770. The van der Waals surface area contributed by atoms with Gasteiger partial charge in [-0.25, -0.2) is 4.39 Å². The summed E-state index contributed by atoms with van der Waals surface area (Å²) in [5.41, 5.74) is 0.899. The lowest BCUT2D eigenvalue weighted by molar-refractivity contribution is -0.158. The van der Waals surface area contributed by atoms with Gasteiger partial charge in [0.2, 0.25) is 5.91 Å². The molecule has 128 valence electrons. The lowest BCUT2D eigenvalue weighted by Crippen LogP contribution is -2.54. The zero-order valence-electron chi connectivity index (χ0n) is 14.2. The van der Waals surface area contributed by atoms with Crippen LogP contribution >= 0.6 is 0 Å². The minimum atomic E-state index is -0.193. The van der Waals surface area contributed by atoms with Crippen molar-refractivity contribution in [2.24, 2.45) is 23.2 Å². The minimum absolute atomic E-state index is 0.0787. The van der Waals surface area contributed by atoms with Crippen LogP contribution in [0.25, 0.3) is 0 Å². The van der Waals surface area contributed by atoms with Gasteiger partial charge in [0.05, 0.1) is 11.5 Å². The van der Waals surface area contributed by atoms with E-state index >= 15 is 0 Å². The van der Waals surface area contributed by atoms with Crippen molar-refractivity contribution in [2.75, 3.05) is 6.54 Å². The summed E-state index contributed by atoms with van der Waals surface area (Å²) >= 11 is 0. The smallest absolute Gasteiger partial charge is 0.229 e. The van der Waals surface area contributed by atoms with E-state index in [1.807, 2.05) is 6.07 Å². The zero-order valence-corrected chi connectivity index (χ0v) is 14.2. The SMILES string of the molecule is O=C(N1CCC[C@H]1c1cccc(F)c1)C12CC3CC(CC(C3)C1)C2. The number of rotatable bonds is 2. The Morgan fingerprint density at radius 1 is 1.08 bits per heavy atom. The molecule has 0 spiro atoms. The van der Waals surface area contributed by atoms with E-state index < -0.39 is 0 Å². The van der Waals surface area contributed by atoms with E-state index in [0.717, 1.165) is 62.0 Å². The molecule has 1 heterocycles. The fourth-order valence-corrected chi connectivity index (χ4v) is 6.75. The predicted octanol–water partition coefficient (Wildman–Crippen LogP) is 4.71. The van der Waals surface area contributed by atoms with E-state index in [0.29, 0.717) is 5.91 Å². The van der Waals surface area contributed by atoms with Crippen molar-refractivity contribution in [1.82, 2.24) is 4.90 Å². The predicted molar refractivity (Wildman–Crippen MR) is 90.7 cm³/mol. The van der Waals surface area contributed by atoms with Crippen LogP contribution in [-0.2, 0) is 4.79 Å². The maximum Gasteiger partial charge on any atom is 0.229 e. The van der Waals surface area contributed by atoms with Gasteiger partial charge in [-0.15, -0.1) is 0 Å². The largest absolute Gasteiger partial charge is 0.335 e. The topological polar surface area (TPSA) is 20.3 Å². The van der Waals surface area contributed by atoms with E-state index in [4.69, 9.17) is 0 Å². The second-order valence-electron chi connectivity index (χ2n) is 8.91. The van der Waals surface area contributed by atoms with Crippen LogP contribution in [0, 0.1) is 29.0 Å². The van der Waals surface area contributed by atoms with Crippen LogP contribution < -0.4 is 0 Å². The first-order valence-electron chi connectivity index (χ1n) is 9.69. The summed E-state index contributed by atoms with van der Waals surface area (Å²) in [5, 5.41) is 0. The minimum Gasteiger partial charge on any atom is -0.335 e. The summed E-state index contributed by atoms with van der Waals surface area (Å²) < 4.78 is 13.7. The van der Waals surface area contributed by atoms with Gasteiger partial charge >= 0.3 is 0 Å². The Morgan fingerprint density at radius 2 is 1.75 bits per heavy atom. The Labute approximate surface area is 143 Å². The molecule has 1 aromatic rings. The zero-order chi connectivity index (χ0) is 16.3. The standard InChI is InChI=1S/C21H26FNO/c22-18-4-1-3-17(10-18)19-5-2-6-23(19)20(24)21-11-14-7-15(12-21)9-16(8-14)13-21/h1,3-4,10,14-16,19H,2,5-9,11-13H2/t14?,15?,16?,19-,21?/m0/s1. The van der Waals surface area contributed by atoms with Crippen molar-refractivity contribution in [2.45, 2.75) is 57.4 Å². The van der Waals surface area contributed by atoms with Gasteiger partial charge in [-0.3, -0.25) is 4.79 Å². The lowest BCUT2D eigenvalue weighted by atomic mass is 9.49. The van der Waals surface area contributed by atoms with E-state index in [1.54, 1.807) is 12.1 Å². The fraction of sp³-hybridized carbons (Fsp3) is 0.667. The molecule has 6 rings (SSSR count). The monoisotopic (exact) mass is 327 g/mol. The molecule has 1 atom stereocenters. The first-order chi connectivity index (χ1) is 11.6. The van der Waals surface area contributed by atoms with E-state index in [1.165, 1.54) is 25.3 Å². The van der Waals surface area contributed by atoms with Crippen molar-refractivity contribution < 1.29 is 9.18 Å². The highest BCUT2D eigenvalue weighted by Gasteiger charge is 2.56. The normalized spacial score (nSPS) is 40.3. The Hall–Kier alpha value is -1.38. The number of carbonyl (C=O) groups excluding carboxylic acids is 1. The first-order valence-corrected chi connectivity index (χ1v) is 9.69. The second kappa shape index (κ2) is 5.31. The highest BCUT2D eigenvalue weighted by molar-refractivity contribution is 5.84. The maximum atomic E-state index is 13.7. The van der Waals surface area contributed by atoms with E-state index in [-0.39, 0.29) is 17.3 Å². The number of carbonyl (C=O) groups is 1. The molecule has 4 bridgehead atoms. The third-order valence-electron chi connectivity index (χ3n) is 7.24. The molecule has 3 heteroatoms. The van der Waals surface area contributed by atoms with Crippen molar-refractivity contribution in [3.63, 3.8) is 0 Å². The molecule has 0 radical (unpaired) electrons. The van der Waals surface area contributed by atoms with Crippen LogP contribution in [0.1, 0.15) is 63.0 Å². The number of amides is 1. The molecule has 4 aliphatic carbocycles. The first kappa shape index (κ1) is 14.9. The molecule has 0 N–H and O–H groups in total. The number of hydrogen-bond donors (Lipinski definition) is 0. The summed E-state index contributed by atoms with van der Waals surface area (Å²) in [4.78, 5) is 15.7. The third-order valence-corrected chi connectivity index (χ3v) is 7.24. The molecule has 1 aliphatic heterocycles. The Morgan fingerprint density at radius 3 is 2.38 bits per heavy atom. The van der Waals surface area contributed by atoms with E-state index in [2.05, 4.69) is 4.90 Å². The van der Waals surface area contributed by atoms with Gasteiger partial charge in [-0.2, -0.15) is 0 Å². The maximum absolute atomic E-state index is 13.7. The van der Waals surface area contributed by atoms with Gasteiger partial charge in [0.1, 0.15) is 5.82 Å². The number of likely N-dealkylation sites (tertiary alicyclic amines) is 1. The molecular weight excluding hydrogens is 301 g/mol. The van der Waals surface area contributed by atoms with Gasteiger partial charge in [-0.05, 0) is 86.8 Å². The highest BCUT2D eigenvalue weighted by atomic mass is 19.1. The Kier molecular flexibility index (Phi) is 3.30. The van der Waals surface area contributed by atoms with Crippen LogP contribution in [0.3, 0.4) is 0 Å². The van der Waals surface area contributed by atoms with Crippen molar-refractivity contribution in [3.8, 4) is 0 Å². The highest BCUT2D eigenvalue weighted by Crippen LogP contribution is 2.61. The molecule has 2 nitrogen and oxygen atoms in total. The summed E-state index contributed by atoms with van der Waals surface area (Å²) in [6.45, 7) is 0.849. The molecule has 1 saturated heterocycles. The average Bonchev–Trinajstić information content (AvgIpc) is 3.02. The molecule has 0 aromatic heterocycles. The van der Waals surface area contributed by atoms with E-state index in [9.17, 15) is 9.18 Å². The van der Waals surface area contributed by atoms with Gasteiger partial charge in [0.25, 0.3) is 0 Å². The Balaban J connectivity index is 1.44. The fourth-order valence-electron chi connectivity index (χ4n) is 6.75. The van der Waals surface area contributed by atoms with Crippen LogP contribution in [0.15, 0.2) is 24.3 Å². The van der Waals surface area contributed by atoms with Crippen molar-refractivity contribution >= 4 is 5.91 Å². The molecule has 5 aliphatic rings. The average molecular weight is 327 g/mol. The summed E-state index contributed by atoms with van der Waals surface area (Å²) in [6, 6.07) is 6.95. The van der Waals surface area contributed by atoms with Crippen molar-refractivity contribution in [3.05, 3.63) is 35.6 Å². The number of benzene rings is 1. The van der Waals surface area contributed by atoms with Crippen LogP contribution in [0.5, 0.6) is 0 Å². The molecular formula is C21H26FNO. The molecule has 0 unspecified atom stereocenters. The Bertz CT molecular complexity index is 634. The third kappa shape index (κ3) is 2.23. The van der Waals surface area contributed by atoms with Crippen molar-refractivity contribution in [1.29, 1.82) is 0 Å². The number of nitrogens with zero attached hydrogens (tertiary/aromatic N) is 1. The summed E-state index contributed by atoms with van der Waals surface area (Å²) in [7, 11) is 0. The van der Waals surface area contributed by atoms with Gasteiger partial charge < -0.3 is 4.90 Å². The van der Waals surface area contributed by atoms with Gasteiger partial charge in [-0.1, -0.05) is 12.1 Å². The summed E-state index contributed by atoms with van der Waals surface area (Å²) in [6.07, 6.45) is 9.44.